The summed E-state index contributed by atoms with van der Waals surface area (Å²) in [6.07, 6.45) is -4.46. The molecular weight excluding hydrogens is 277 g/mol. The van der Waals surface area contributed by atoms with Crippen molar-refractivity contribution in [2.45, 2.75) is 13.1 Å². The van der Waals surface area contributed by atoms with Crippen molar-refractivity contribution in [1.82, 2.24) is 0 Å². The highest BCUT2D eigenvalue weighted by molar-refractivity contribution is 7.84. The molecule has 0 amide bonds. The highest BCUT2D eigenvalue weighted by Gasteiger charge is 2.31. The van der Waals surface area contributed by atoms with Gasteiger partial charge in [-0.25, -0.2) is 0 Å². The molecule has 1 rings (SSSR count). The number of halogens is 3. The first-order chi connectivity index (χ1) is 8.88. The second-order valence-corrected chi connectivity index (χ2v) is 5.59. The number of benzene rings is 1. The Morgan fingerprint density at radius 3 is 2.63 bits per heavy atom. The van der Waals surface area contributed by atoms with Gasteiger partial charge >= 0.3 is 6.18 Å². The number of nitriles is 1. The first kappa shape index (κ1) is 15.5. The molecule has 0 bridgehead atoms. The molecule has 0 saturated carbocycles. The molecule has 0 aromatic heterocycles. The fraction of sp³-hybridized carbons (Fsp3) is 0.417. The van der Waals surface area contributed by atoms with Crippen LogP contribution in [0.15, 0.2) is 18.2 Å². The van der Waals surface area contributed by atoms with Crippen LogP contribution >= 0.6 is 0 Å². The molecule has 0 saturated heterocycles. The highest BCUT2D eigenvalue weighted by atomic mass is 32.2. The molecule has 0 fully saturated rings. The summed E-state index contributed by atoms with van der Waals surface area (Å²) in [5, 5.41) is 11.7. The molecule has 1 N–H and O–H groups in total. The van der Waals surface area contributed by atoms with E-state index in [1.54, 1.807) is 13.0 Å². The molecule has 1 aromatic rings. The Morgan fingerprint density at radius 1 is 1.42 bits per heavy atom. The summed E-state index contributed by atoms with van der Waals surface area (Å²) >= 11 is 0. The van der Waals surface area contributed by atoms with Crippen LogP contribution in [0.1, 0.15) is 18.1 Å². The number of nitrogens with one attached hydrogen (secondary N) is 1. The predicted octanol–water partition coefficient (Wildman–Crippen LogP) is 2.76. The van der Waals surface area contributed by atoms with Crippen molar-refractivity contribution in [3.8, 4) is 6.07 Å². The molecule has 0 aliphatic carbocycles. The van der Waals surface area contributed by atoms with Crippen LogP contribution < -0.4 is 5.32 Å². The molecule has 0 spiro atoms. The van der Waals surface area contributed by atoms with Crippen molar-refractivity contribution in [2.24, 2.45) is 0 Å². The molecule has 19 heavy (non-hydrogen) atoms. The minimum Gasteiger partial charge on any atom is -0.383 e. The van der Waals surface area contributed by atoms with Gasteiger partial charge in [-0.2, -0.15) is 18.4 Å². The summed E-state index contributed by atoms with van der Waals surface area (Å²) < 4.78 is 48.6. The third-order valence-corrected chi connectivity index (χ3v) is 3.74. The van der Waals surface area contributed by atoms with Crippen LogP contribution in [0.25, 0.3) is 0 Å². The summed E-state index contributed by atoms with van der Waals surface area (Å²) in [6.45, 7) is 2.13. The van der Waals surface area contributed by atoms with Gasteiger partial charge in [0, 0.05) is 28.9 Å². The van der Waals surface area contributed by atoms with E-state index in [1.165, 1.54) is 6.07 Å². The van der Waals surface area contributed by atoms with Crippen molar-refractivity contribution < 1.29 is 17.4 Å². The van der Waals surface area contributed by atoms with Gasteiger partial charge in [-0.1, -0.05) is 6.92 Å². The molecule has 0 heterocycles. The van der Waals surface area contributed by atoms with Crippen LogP contribution in [0.2, 0.25) is 0 Å². The first-order valence-corrected chi connectivity index (χ1v) is 7.07. The predicted molar refractivity (Wildman–Crippen MR) is 68.2 cm³/mol. The average molecular weight is 290 g/mol. The zero-order valence-corrected chi connectivity index (χ0v) is 11.1. The third-order valence-electron chi connectivity index (χ3n) is 2.43. The van der Waals surface area contributed by atoms with Crippen molar-refractivity contribution in [1.29, 1.82) is 5.26 Å². The molecule has 104 valence electrons. The van der Waals surface area contributed by atoms with Gasteiger partial charge in [-0.3, -0.25) is 4.21 Å². The Hall–Kier alpha value is -1.55. The maximum absolute atomic E-state index is 12.5. The van der Waals surface area contributed by atoms with Crippen molar-refractivity contribution in [3.63, 3.8) is 0 Å². The van der Waals surface area contributed by atoms with Crippen molar-refractivity contribution in [2.75, 3.05) is 23.4 Å². The number of nitrogens with zero attached hydrogens (tertiary/aromatic N) is 1. The standard InChI is InChI=1S/C12H13F3N2OS/c1-2-19(18)6-5-17-11-4-3-10(12(13,14)15)7-9(11)8-16/h3-4,7,17H,2,5-6H2,1H3. The van der Waals surface area contributed by atoms with Gasteiger partial charge < -0.3 is 5.32 Å². The van der Waals surface area contributed by atoms with E-state index in [1.807, 2.05) is 0 Å². The molecule has 0 aliphatic rings. The van der Waals surface area contributed by atoms with E-state index >= 15 is 0 Å². The Morgan fingerprint density at radius 2 is 2.11 bits per heavy atom. The van der Waals surface area contributed by atoms with Gasteiger partial charge in [0.05, 0.1) is 16.8 Å². The Kier molecular flexibility index (Phi) is 5.36. The lowest BCUT2D eigenvalue weighted by molar-refractivity contribution is -0.137. The molecule has 0 aliphatic heterocycles. The number of rotatable bonds is 5. The quantitative estimate of drug-likeness (QED) is 0.907. The molecule has 1 unspecified atom stereocenters. The lowest BCUT2D eigenvalue weighted by atomic mass is 10.1. The highest BCUT2D eigenvalue weighted by Crippen LogP contribution is 2.31. The van der Waals surface area contributed by atoms with Gasteiger partial charge in [-0.15, -0.1) is 0 Å². The Balaban J connectivity index is 2.80. The topological polar surface area (TPSA) is 52.9 Å². The number of anilines is 1. The van der Waals surface area contributed by atoms with Crippen LogP contribution in [-0.2, 0) is 17.0 Å². The Labute approximate surface area is 111 Å². The first-order valence-electron chi connectivity index (χ1n) is 5.58. The van der Waals surface area contributed by atoms with Gasteiger partial charge in [-0.05, 0) is 18.2 Å². The third kappa shape index (κ3) is 4.56. The van der Waals surface area contributed by atoms with Crippen molar-refractivity contribution in [3.05, 3.63) is 29.3 Å². The molecule has 7 heteroatoms. The van der Waals surface area contributed by atoms with E-state index < -0.39 is 22.5 Å². The van der Waals surface area contributed by atoms with E-state index in [4.69, 9.17) is 5.26 Å². The molecule has 1 aromatic carbocycles. The molecular formula is C12H13F3N2OS. The normalized spacial score (nSPS) is 12.8. The van der Waals surface area contributed by atoms with Crippen LogP contribution in [0.5, 0.6) is 0 Å². The van der Waals surface area contributed by atoms with E-state index in [0.29, 0.717) is 23.7 Å². The summed E-state index contributed by atoms with van der Waals surface area (Å²) in [5.41, 5.74) is -0.604. The minimum absolute atomic E-state index is 0.0721. The van der Waals surface area contributed by atoms with E-state index in [9.17, 15) is 17.4 Å². The van der Waals surface area contributed by atoms with Crippen LogP contribution in [-0.4, -0.2) is 22.3 Å². The lowest BCUT2D eigenvalue weighted by Crippen LogP contribution is -2.13. The van der Waals surface area contributed by atoms with Crippen LogP contribution in [0.4, 0.5) is 18.9 Å². The number of hydrogen-bond donors (Lipinski definition) is 1. The largest absolute Gasteiger partial charge is 0.416 e. The lowest BCUT2D eigenvalue weighted by Gasteiger charge is -2.11. The summed E-state index contributed by atoms with van der Waals surface area (Å²) in [5.74, 6) is 0.919. The maximum Gasteiger partial charge on any atom is 0.416 e. The maximum atomic E-state index is 12.5. The second kappa shape index (κ2) is 6.57. The van der Waals surface area contributed by atoms with Gasteiger partial charge in [0.1, 0.15) is 6.07 Å². The fourth-order valence-corrected chi connectivity index (χ4v) is 2.03. The molecule has 0 radical (unpaired) electrons. The van der Waals surface area contributed by atoms with Crippen LogP contribution in [0.3, 0.4) is 0 Å². The van der Waals surface area contributed by atoms with E-state index in [-0.39, 0.29) is 5.56 Å². The van der Waals surface area contributed by atoms with Gasteiger partial charge in [0.15, 0.2) is 0 Å². The summed E-state index contributed by atoms with van der Waals surface area (Å²) in [4.78, 5) is 0. The smallest absolute Gasteiger partial charge is 0.383 e. The van der Waals surface area contributed by atoms with Gasteiger partial charge in [0.25, 0.3) is 0 Å². The summed E-state index contributed by atoms with van der Waals surface area (Å²) in [6, 6.07) is 4.66. The van der Waals surface area contributed by atoms with E-state index in [0.717, 1.165) is 12.1 Å². The monoisotopic (exact) mass is 290 g/mol. The van der Waals surface area contributed by atoms with Gasteiger partial charge in [0.2, 0.25) is 0 Å². The zero-order valence-electron chi connectivity index (χ0n) is 10.3. The number of hydrogen-bond acceptors (Lipinski definition) is 3. The van der Waals surface area contributed by atoms with Crippen LogP contribution in [0, 0.1) is 11.3 Å². The minimum atomic E-state index is -4.46. The van der Waals surface area contributed by atoms with E-state index in [2.05, 4.69) is 5.32 Å². The second-order valence-electron chi connectivity index (χ2n) is 3.73. The zero-order chi connectivity index (χ0) is 14.5. The fourth-order valence-electron chi connectivity index (χ4n) is 1.41. The Bertz CT molecular complexity index is 509. The van der Waals surface area contributed by atoms with Crippen molar-refractivity contribution >= 4 is 16.5 Å². The average Bonchev–Trinajstić information content (AvgIpc) is 2.37. The molecule has 3 nitrogen and oxygen atoms in total. The number of alkyl halides is 3. The SMILES string of the molecule is CCS(=O)CCNc1ccc(C(F)(F)F)cc1C#N. The summed E-state index contributed by atoms with van der Waals surface area (Å²) in [7, 11) is -0.953. The molecule has 1 atom stereocenters.